The van der Waals surface area contributed by atoms with Gasteiger partial charge in [0.15, 0.2) is 0 Å². The second kappa shape index (κ2) is 8.34. The van der Waals surface area contributed by atoms with Gasteiger partial charge < -0.3 is 5.32 Å². The first-order valence-corrected chi connectivity index (χ1v) is 10.8. The van der Waals surface area contributed by atoms with Crippen molar-refractivity contribution in [1.82, 2.24) is 5.32 Å². The van der Waals surface area contributed by atoms with Gasteiger partial charge in [-0.25, -0.2) is 0 Å². The number of amides is 1. The van der Waals surface area contributed by atoms with Crippen LogP contribution in [0, 0.1) is 23.3 Å². The molecule has 0 bridgehead atoms. The number of carbonyl (C=O) groups excluding carboxylic acids is 1. The lowest BCUT2D eigenvalue weighted by atomic mass is 10.1. The standard InChI is InChI=1S/C18H23NOSi/c1-5-6-14-19-18(20)17-13-8-7-11-16(17)12-9-10-15-21(2,3)4/h7-8,11,13H,5-6,14H2,1-4H3,(H,19,20). The molecule has 0 heterocycles. The van der Waals surface area contributed by atoms with Gasteiger partial charge in [0.05, 0.1) is 5.56 Å². The van der Waals surface area contributed by atoms with E-state index < -0.39 is 8.07 Å². The molecule has 0 fully saturated rings. The lowest BCUT2D eigenvalue weighted by Crippen LogP contribution is -2.25. The molecule has 1 aromatic rings. The highest BCUT2D eigenvalue weighted by molar-refractivity contribution is 6.83. The average Bonchev–Trinajstić information content (AvgIpc) is 2.43. The highest BCUT2D eigenvalue weighted by Crippen LogP contribution is 2.07. The van der Waals surface area contributed by atoms with Gasteiger partial charge in [-0.05, 0) is 30.4 Å². The summed E-state index contributed by atoms with van der Waals surface area (Å²) in [6, 6.07) is 7.40. The molecular weight excluding hydrogens is 274 g/mol. The molecule has 0 aromatic heterocycles. The van der Waals surface area contributed by atoms with E-state index in [1.54, 1.807) is 6.07 Å². The molecule has 0 saturated heterocycles. The van der Waals surface area contributed by atoms with Gasteiger partial charge in [0.2, 0.25) is 0 Å². The van der Waals surface area contributed by atoms with Crippen LogP contribution in [-0.2, 0) is 0 Å². The van der Waals surface area contributed by atoms with Gasteiger partial charge in [0, 0.05) is 12.1 Å². The smallest absolute Gasteiger partial charge is 0.252 e. The molecule has 0 aliphatic carbocycles. The molecule has 1 aromatic carbocycles. The first kappa shape index (κ1) is 17.1. The molecule has 0 atom stereocenters. The Bertz CT molecular complexity index is 606. The maximum absolute atomic E-state index is 12.1. The van der Waals surface area contributed by atoms with Crippen LogP contribution < -0.4 is 5.32 Å². The molecule has 3 heteroatoms. The van der Waals surface area contributed by atoms with Crippen LogP contribution in [0.4, 0.5) is 0 Å². The third kappa shape index (κ3) is 6.84. The van der Waals surface area contributed by atoms with Crippen LogP contribution in [0.3, 0.4) is 0 Å². The first-order valence-electron chi connectivity index (χ1n) is 7.34. The Kier molecular flexibility index (Phi) is 6.79. The van der Waals surface area contributed by atoms with E-state index in [-0.39, 0.29) is 5.91 Å². The predicted molar refractivity (Wildman–Crippen MR) is 91.7 cm³/mol. The van der Waals surface area contributed by atoms with Gasteiger partial charge in [-0.2, -0.15) is 0 Å². The quantitative estimate of drug-likeness (QED) is 0.515. The lowest BCUT2D eigenvalue weighted by molar-refractivity contribution is 0.0953. The average molecular weight is 297 g/mol. The Labute approximate surface area is 129 Å². The number of hydrogen-bond acceptors (Lipinski definition) is 1. The molecule has 1 rings (SSSR count). The third-order valence-corrected chi connectivity index (χ3v) is 3.56. The normalized spacial score (nSPS) is 9.90. The fourth-order valence-corrected chi connectivity index (χ4v) is 2.02. The van der Waals surface area contributed by atoms with Crippen molar-refractivity contribution in [2.75, 3.05) is 6.54 Å². The first-order chi connectivity index (χ1) is 9.94. The van der Waals surface area contributed by atoms with Gasteiger partial charge in [0.25, 0.3) is 5.91 Å². The molecule has 2 nitrogen and oxygen atoms in total. The SMILES string of the molecule is CCCCNC(=O)c1ccccc1C#CC#C[Si](C)(C)C. The van der Waals surface area contributed by atoms with Gasteiger partial charge in [-0.3, -0.25) is 4.79 Å². The van der Waals surface area contributed by atoms with Crippen LogP contribution in [0.25, 0.3) is 0 Å². The van der Waals surface area contributed by atoms with E-state index in [9.17, 15) is 4.79 Å². The summed E-state index contributed by atoms with van der Waals surface area (Å²) in [6.07, 6.45) is 2.05. The van der Waals surface area contributed by atoms with Gasteiger partial charge in [0.1, 0.15) is 8.07 Å². The highest BCUT2D eigenvalue weighted by Gasteiger charge is 2.08. The summed E-state index contributed by atoms with van der Waals surface area (Å²) in [4.78, 5) is 12.1. The summed E-state index contributed by atoms with van der Waals surface area (Å²) in [7, 11) is -1.40. The summed E-state index contributed by atoms with van der Waals surface area (Å²) in [6.45, 7) is 9.33. The number of carbonyl (C=O) groups is 1. The van der Waals surface area contributed by atoms with Crippen molar-refractivity contribution in [2.24, 2.45) is 0 Å². The van der Waals surface area contributed by atoms with Crippen molar-refractivity contribution in [3.63, 3.8) is 0 Å². The van der Waals surface area contributed by atoms with E-state index in [0.29, 0.717) is 12.1 Å². The zero-order chi connectivity index (χ0) is 15.7. The van der Waals surface area contributed by atoms with Crippen LogP contribution in [0.5, 0.6) is 0 Å². The third-order valence-electron chi connectivity index (χ3n) is 2.68. The van der Waals surface area contributed by atoms with Crippen molar-refractivity contribution >= 4 is 14.0 Å². The number of unbranched alkanes of at least 4 members (excludes halogenated alkanes) is 1. The summed E-state index contributed by atoms with van der Waals surface area (Å²) < 4.78 is 0. The minimum absolute atomic E-state index is 0.0634. The van der Waals surface area contributed by atoms with Crippen LogP contribution in [0.2, 0.25) is 19.6 Å². The van der Waals surface area contributed by atoms with E-state index in [4.69, 9.17) is 0 Å². The summed E-state index contributed by atoms with van der Waals surface area (Å²) in [5.74, 6) is 8.71. The van der Waals surface area contributed by atoms with E-state index >= 15 is 0 Å². The zero-order valence-electron chi connectivity index (χ0n) is 13.3. The maximum atomic E-state index is 12.1. The molecule has 0 radical (unpaired) electrons. The van der Waals surface area contributed by atoms with Crippen LogP contribution in [0.15, 0.2) is 24.3 Å². The molecule has 21 heavy (non-hydrogen) atoms. The van der Waals surface area contributed by atoms with Gasteiger partial charge >= 0.3 is 0 Å². The molecule has 1 N–H and O–H groups in total. The number of nitrogens with one attached hydrogen (secondary N) is 1. The largest absolute Gasteiger partial charge is 0.352 e. The Hall–Kier alpha value is -1.97. The molecule has 0 aliphatic rings. The molecule has 0 spiro atoms. The zero-order valence-corrected chi connectivity index (χ0v) is 14.3. The van der Waals surface area contributed by atoms with Crippen molar-refractivity contribution < 1.29 is 4.79 Å². The topological polar surface area (TPSA) is 29.1 Å². The minimum atomic E-state index is -1.40. The lowest BCUT2D eigenvalue weighted by Gasteiger charge is -2.05. The molecule has 0 aliphatic heterocycles. The fourth-order valence-electron chi connectivity index (χ4n) is 1.58. The van der Waals surface area contributed by atoms with E-state index in [0.717, 1.165) is 18.4 Å². The van der Waals surface area contributed by atoms with Crippen LogP contribution >= 0.6 is 0 Å². The van der Waals surface area contributed by atoms with Crippen molar-refractivity contribution in [2.45, 2.75) is 39.4 Å². The molecular formula is C18H23NOSi. The van der Waals surface area contributed by atoms with E-state index in [2.05, 4.69) is 55.2 Å². The fraction of sp³-hybridized carbons (Fsp3) is 0.389. The van der Waals surface area contributed by atoms with Crippen molar-refractivity contribution in [3.8, 4) is 23.3 Å². The Morgan fingerprint density at radius 1 is 1.19 bits per heavy atom. The number of rotatable bonds is 4. The molecule has 1 amide bonds. The highest BCUT2D eigenvalue weighted by atomic mass is 28.3. The maximum Gasteiger partial charge on any atom is 0.252 e. The van der Waals surface area contributed by atoms with E-state index in [1.807, 2.05) is 18.2 Å². The number of benzene rings is 1. The minimum Gasteiger partial charge on any atom is -0.352 e. The van der Waals surface area contributed by atoms with Crippen molar-refractivity contribution in [3.05, 3.63) is 35.4 Å². The summed E-state index contributed by atoms with van der Waals surface area (Å²) in [5.41, 5.74) is 4.55. The van der Waals surface area contributed by atoms with Crippen LogP contribution in [0.1, 0.15) is 35.7 Å². The Morgan fingerprint density at radius 3 is 2.57 bits per heavy atom. The van der Waals surface area contributed by atoms with Crippen molar-refractivity contribution in [1.29, 1.82) is 0 Å². The van der Waals surface area contributed by atoms with Crippen LogP contribution in [-0.4, -0.2) is 20.5 Å². The van der Waals surface area contributed by atoms with E-state index in [1.165, 1.54) is 0 Å². The summed E-state index contributed by atoms with van der Waals surface area (Å²) in [5, 5.41) is 2.92. The number of hydrogen-bond donors (Lipinski definition) is 1. The monoisotopic (exact) mass is 297 g/mol. The molecule has 0 saturated carbocycles. The second-order valence-corrected chi connectivity index (χ2v) is 10.7. The second-order valence-electron chi connectivity index (χ2n) is 5.91. The Morgan fingerprint density at radius 2 is 1.90 bits per heavy atom. The van der Waals surface area contributed by atoms with Gasteiger partial charge in [-0.1, -0.05) is 51.0 Å². The molecule has 0 unspecified atom stereocenters. The van der Waals surface area contributed by atoms with Gasteiger partial charge in [-0.15, -0.1) is 5.54 Å². The predicted octanol–water partition coefficient (Wildman–Crippen LogP) is 3.45. The summed E-state index contributed by atoms with van der Waals surface area (Å²) >= 11 is 0. The Balaban J connectivity index is 2.87. The molecule has 110 valence electrons.